The van der Waals surface area contributed by atoms with Crippen molar-refractivity contribution in [1.82, 2.24) is 0 Å². The lowest BCUT2D eigenvalue weighted by atomic mass is 9.97. The summed E-state index contributed by atoms with van der Waals surface area (Å²) in [5, 5.41) is 8.00. The number of hydrogen-bond acceptors (Lipinski definition) is 1. The van der Waals surface area contributed by atoms with Crippen LogP contribution in [0.1, 0.15) is 207 Å². The van der Waals surface area contributed by atoms with E-state index in [-0.39, 0.29) is 0 Å². The van der Waals surface area contributed by atoms with Crippen molar-refractivity contribution < 1.29 is 5.90 Å². The molecule has 0 aromatic heterocycles. The molecule has 218 valence electrons. The first kappa shape index (κ1) is 37.8. The predicted molar refractivity (Wildman–Crippen MR) is 165 cm³/mol. The highest BCUT2D eigenvalue weighted by Crippen LogP contribution is 2.20. The molecule has 0 heterocycles. The molecule has 0 radical (unpaired) electrons. The molecule has 0 aliphatic carbocycles. The zero-order valence-electron chi connectivity index (χ0n) is 25.7. The largest absolute Gasteiger partial charge is 0.637 e. The summed E-state index contributed by atoms with van der Waals surface area (Å²) < 4.78 is 0. The van der Waals surface area contributed by atoms with Crippen LogP contribution >= 0.6 is 0 Å². The number of allylic oxidation sites excluding steroid dienone is 2. The minimum absolute atomic E-state index is 1.35. The highest BCUT2D eigenvalue weighted by molar-refractivity contribution is 5.02. The SMILES string of the molecule is CCCCCCCCCCCCCCCCC=C(CCCCCCCC)CCCCCCCC.[NH3+][O-]. The molecule has 0 aromatic carbocycles. The monoisotopic (exact) mass is 510 g/mol. The van der Waals surface area contributed by atoms with E-state index in [2.05, 4.69) is 26.8 Å². The van der Waals surface area contributed by atoms with E-state index in [1.807, 2.05) is 5.90 Å². The second-order valence-electron chi connectivity index (χ2n) is 11.3. The summed E-state index contributed by atoms with van der Waals surface area (Å²) in [6, 6.07) is 0. The average molecular weight is 510 g/mol. The topological polar surface area (TPSA) is 50.7 Å². The minimum Gasteiger partial charge on any atom is -0.637 e. The van der Waals surface area contributed by atoms with Crippen molar-refractivity contribution in [3.05, 3.63) is 16.9 Å². The van der Waals surface area contributed by atoms with E-state index in [1.54, 1.807) is 5.57 Å². The van der Waals surface area contributed by atoms with Crippen molar-refractivity contribution >= 4 is 0 Å². The smallest absolute Gasteiger partial charge is 0.0320 e. The molecule has 36 heavy (non-hydrogen) atoms. The Morgan fingerprint density at radius 3 is 0.944 bits per heavy atom. The molecule has 3 N–H and O–H groups in total. The molecular weight excluding hydrogens is 438 g/mol. The summed E-state index contributed by atoms with van der Waals surface area (Å²) in [5.41, 5.74) is 1.81. The Hall–Kier alpha value is -0.340. The molecule has 0 rings (SSSR count). The summed E-state index contributed by atoms with van der Waals surface area (Å²) in [6.45, 7) is 6.94. The zero-order valence-corrected chi connectivity index (χ0v) is 25.7. The van der Waals surface area contributed by atoms with Gasteiger partial charge in [-0.2, -0.15) is 0 Å². The lowest BCUT2D eigenvalue weighted by Gasteiger charge is -2.09. The molecule has 0 aliphatic heterocycles. The van der Waals surface area contributed by atoms with Gasteiger partial charge in [0.2, 0.25) is 0 Å². The normalized spacial score (nSPS) is 10.8. The van der Waals surface area contributed by atoms with Gasteiger partial charge in [0.25, 0.3) is 0 Å². The van der Waals surface area contributed by atoms with Gasteiger partial charge in [0.1, 0.15) is 0 Å². The van der Waals surface area contributed by atoms with Gasteiger partial charge in [0.05, 0.1) is 0 Å². The van der Waals surface area contributed by atoms with Gasteiger partial charge >= 0.3 is 0 Å². The quantitative estimate of drug-likeness (QED) is 0.0608. The highest BCUT2D eigenvalue weighted by atomic mass is 16.4. The van der Waals surface area contributed by atoms with Crippen LogP contribution in [0.5, 0.6) is 0 Å². The molecular formula is C34H71NO. The van der Waals surface area contributed by atoms with E-state index in [0.29, 0.717) is 0 Å². The fraction of sp³-hybridized carbons (Fsp3) is 0.941. The fourth-order valence-corrected chi connectivity index (χ4v) is 5.24. The van der Waals surface area contributed by atoms with Gasteiger partial charge in [0.15, 0.2) is 0 Å². The summed E-state index contributed by atoms with van der Waals surface area (Å²) in [6.07, 6.45) is 44.4. The molecule has 0 saturated carbocycles. The zero-order chi connectivity index (χ0) is 26.8. The fourth-order valence-electron chi connectivity index (χ4n) is 5.24. The van der Waals surface area contributed by atoms with Crippen molar-refractivity contribution in [1.29, 1.82) is 0 Å². The lowest BCUT2D eigenvalue weighted by Crippen LogP contribution is -2.37. The first-order valence-corrected chi connectivity index (χ1v) is 16.8. The second-order valence-corrected chi connectivity index (χ2v) is 11.3. The van der Waals surface area contributed by atoms with Gasteiger partial charge in [-0.1, -0.05) is 180 Å². The second kappa shape index (κ2) is 36.8. The average Bonchev–Trinajstić information content (AvgIpc) is 2.91. The van der Waals surface area contributed by atoms with E-state index < -0.39 is 0 Å². The third-order valence-corrected chi connectivity index (χ3v) is 7.69. The van der Waals surface area contributed by atoms with E-state index in [1.165, 1.54) is 186 Å². The molecule has 0 aliphatic rings. The number of hydrogen-bond donors (Lipinski definition) is 1. The van der Waals surface area contributed by atoms with Crippen molar-refractivity contribution in [3.8, 4) is 0 Å². The lowest BCUT2D eigenvalue weighted by molar-refractivity contribution is -0.275. The van der Waals surface area contributed by atoms with Gasteiger partial charge in [-0.3, -0.25) is 0 Å². The van der Waals surface area contributed by atoms with E-state index in [9.17, 15) is 0 Å². The van der Waals surface area contributed by atoms with Crippen LogP contribution in [0.2, 0.25) is 0 Å². The summed E-state index contributed by atoms with van der Waals surface area (Å²) in [7, 11) is 0. The summed E-state index contributed by atoms with van der Waals surface area (Å²) in [4.78, 5) is 0. The van der Waals surface area contributed by atoms with E-state index in [0.717, 1.165) is 0 Å². The summed E-state index contributed by atoms with van der Waals surface area (Å²) >= 11 is 0. The number of unbranched alkanes of at least 4 members (excludes halogenated alkanes) is 24. The van der Waals surface area contributed by atoms with Crippen LogP contribution in [-0.4, -0.2) is 0 Å². The molecule has 2 nitrogen and oxygen atoms in total. The number of rotatable bonds is 29. The molecule has 0 fully saturated rings. The van der Waals surface area contributed by atoms with Crippen molar-refractivity contribution in [2.75, 3.05) is 0 Å². The van der Waals surface area contributed by atoms with Crippen LogP contribution < -0.4 is 5.90 Å². The van der Waals surface area contributed by atoms with E-state index in [4.69, 9.17) is 5.21 Å². The Bertz CT molecular complexity index is 375. The van der Waals surface area contributed by atoms with Crippen LogP contribution in [0, 0.1) is 5.21 Å². The summed E-state index contributed by atoms with van der Waals surface area (Å²) in [5.74, 6) is 2.00. The molecule has 2 heteroatoms. The standard InChI is InChI=1S/C34H68.H3NO/c1-4-7-10-13-16-17-18-19-20-21-22-23-24-27-30-33-34(31-28-25-14-11-8-5-2)32-29-26-15-12-9-6-3;1-2/h33H,4-32H2,1-3H3;1H3. The first-order chi connectivity index (χ1) is 17.8. The van der Waals surface area contributed by atoms with Gasteiger partial charge in [0, 0.05) is 0 Å². The molecule has 0 atom stereocenters. The number of quaternary nitrogens is 1. The van der Waals surface area contributed by atoms with Gasteiger partial charge in [-0.15, -0.1) is 0 Å². The Morgan fingerprint density at radius 2 is 0.639 bits per heavy atom. The molecule has 0 bridgehead atoms. The highest BCUT2D eigenvalue weighted by Gasteiger charge is 2.00. The maximum absolute atomic E-state index is 8.00. The maximum atomic E-state index is 8.00. The first-order valence-electron chi connectivity index (χ1n) is 16.8. The molecule has 0 unspecified atom stereocenters. The predicted octanol–water partition coefficient (Wildman–Crippen LogP) is 12.0. The maximum Gasteiger partial charge on any atom is -0.0320 e. The Balaban J connectivity index is 0. The molecule has 0 amide bonds. The molecule has 0 saturated heterocycles. The van der Waals surface area contributed by atoms with Gasteiger partial charge < -0.3 is 11.1 Å². The Kier molecular flexibility index (Phi) is 38.7. The van der Waals surface area contributed by atoms with Crippen LogP contribution in [0.25, 0.3) is 0 Å². The van der Waals surface area contributed by atoms with Crippen LogP contribution in [0.3, 0.4) is 0 Å². The third-order valence-electron chi connectivity index (χ3n) is 7.69. The van der Waals surface area contributed by atoms with Crippen molar-refractivity contribution in [2.45, 2.75) is 207 Å². The minimum atomic E-state index is 1.35. The van der Waals surface area contributed by atoms with Gasteiger partial charge in [-0.25, -0.2) is 0 Å². The Morgan fingerprint density at radius 1 is 0.389 bits per heavy atom. The van der Waals surface area contributed by atoms with Crippen LogP contribution in [0.15, 0.2) is 11.6 Å². The Labute approximate surface area is 229 Å². The van der Waals surface area contributed by atoms with Crippen LogP contribution in [0.4, 0.5) is 0 Å². The van der Waals surface area contributed by atoms with Crippen LogP contribution in [-0.2, 0) is 0 Å². The van der Waals surface area contributed by atoms with E-state index >= 15 is 0 Å². The molecule has 0 spiro atoms. The molecule has 0 aromatic rings. The van der Waals surface area contributed by atoms with Crippen molar-refractivity contribution in [2.24, 2.45) is 0 Å². The van der Waals surface area contributed by atoms with Crippen molar-refractivity contribution in [3.63, 3.8) is 0 Å². The third kappa shape index (κ3) is 33.7. The van der Waals surface area contributed by atoms with Gasteiger partial charge in [-0.05, 0) is 38.5 Å².